The number of rotatable bonds is 5. The smallest absolute Gasteiger partial charge is 0.251 e. The maximum absolute atomic E-state index is 12.6. The number of carbonyl (C=O) groups excluding carboxylic acids is 1. The topological polar surface area (TPSA) is 46.9 Å². The minimum Gasteiger partial charge on any atom is -0.348 e. The Labute approximate surface area is 160 Å². The van der Waals surface area contributed by atoms with Crippen molar-refractivity contribution in [3.05, 3.63) is 87.7 Å². The lowest BCUT2D eigenvalue weighted by molar-refractivity contribution is 0.0950. The zero-order valence-electron chi connectivity index (χ0n) is 16.0. The molecule has 0 spiro atoms. The van der Waals surface area contributed by atoms with Crippen LogP contribution in [0.15, 0.2) is 48.5 Å². The number of aromatic nitrogens is 2. The second-order valence-corrected chi connectivity index (χ2v) is 7.31. The largest absolute Gasteiger partial charge is 0.348 e. The number of carbonyl (C=O) groups is 1. The molecule has 4 nitrogen and oxygen atoms in total. The van der Waals surface area contributed by atoms with Crippen molar-refractivity contribution in [3.8, 4) is 0 Å². The van der Waals surface area contributed by atoms with Crippen LogP contribution in [0, 0.1) is 13.8 Å². The van der Waals surface area contributed by atoms with E-state index in [1.165, 1.54) is 23.1 Å². The molecule has 27 heavy (non-hydrogen) atoms. The molecule has 2 aromatic carbocycles. The first-order valence-electron chi connectivity index (χ1n) is 9.58. The van der Waals surface area contributed by atoms with Crippen LogP contribution in [0.5, 0.6) is 0 Å². The van der Waals surface area contributed by atoms with E-state index in [-0.39, 0.29) is 5.91 Å². The van der Waals surface area contributed by atoms with Crippen molar-refractivity contribution in [1.82, 2.24) is 15.1 Å². The summed E-state index contributed by atoms with van der Waals surface area (Å²) in [5, 5.41) is 7.74. The summed E-state index contributed by atoms with van der Waals surface area (Å²) < 4.78 is 2.02. The highest BCUT2D eigenvalue weighted by atomic mass is 16.1. The van der Waals surface area contributed by atoms with E-state index in [0.717, 1.165) is 41.9 Å². The van der Waals surface area contributed by atoms with Crippen molar-refractivity contribution in [2.45, 2.75) is 46.2 Å². The van der Waals surface area contributed by atoms with E-state index < -0.39 is 0 Å². The summed E-state index contributed by atoms with van der Waals surface area (Å²) >= 11 is 0. The molecule has 0 unspecified atom stereocenters. The molecule has 4 heteroatoms. The number of benzene rings is 2. The van der Waals surface area contributed by atoms with Crippen molar-refractivity contribution in [2.75, 3.05) is 0 Å². The van der Waals surface area contributed by atoms with E-state index in [1.807, 2.05) is 35.9 Å². The van der Waals surface area contributed by atoms with Crippen LogP contribution in [0.1, 0.15) is 50.4 Å². The number of nitrogens with zero attached hydrogens (tertiary/aromatic N) is 2. The number of amides is 1. The van der Waals surface area contributed by atoms with Gasteiger partial charge >= 0.3 is 0 Å². The Kier molecular flexibility index (Phi) is 4.80. The van der Waals surface area contributed by atoms with Crippen LogP contribution in [0.3, 0.4) is 0 Å². The maximum Gasteiger partial charge on any atom is 0.251 e. The Morgan fingerprint density at radius 3 is 2.67 bits per heavy atom. The van der Waals surface area contributed by atoms with Crippen LogP contribution in [-0.2, 0) is 25.9 Å². The first-order chi connectivity index (χ1) is 13.1. The lowest BCUT2D eigenvalue weighted by Crippen LogP contribution is -2.23. The first-order valence-corrected chi connectivity index (χ1v) is 9.58. The van der Waals surface area contributed by atoms with Gasteiger partial charge in [0.25, 0.3) is 5.91 Å². The van der Waals surface area contributed by atoms with Gasteiger partial charge in [-0.3, -0.25) is 9.48 Å². The van der Waals surface area contributed by atoms with Crippen molar-refractivity contribution < 1.29 is 4.79 Å². The third-order valence-electron chi connectivity index (χ3n) is 5.49. The molecule has 0 bridgehead atoms. The van der Waals surface area contributed by atoms with Gasteiger partial charge in [0, 0.05) is 23.4 Å². The van der Waals surface area contributed by atoms with E-state index in [9.17, 15) is 4.79 Å². The summed E-state index contributed by atoms with van der Waals surface area (Å²) in [6, 6.07) is 16.4. The lowest BCUT2D eigenvalue weighted by atomic mass is 10.1. The molecule has 1 aromatic heterocycles. The average molecular weight is 359 g/mol. The minimum atomic E-state index is -0.0145. The van der Waals surface area contributed by atoms with E-state index >= 15 is 0 Å². The third kappa shape index (κ3) is 3.65. The summed E-state index contributed by atoms with van der Waals surface area (Å²) in [5.41, 5.74) is 7.86. The number of hydrogen-bond acceptors (Lipinski definition) is 2. The Morgan fingerprint density at radius 2 is 1.85 bits per heavy atom. The van der Waals surface area contributed by atoms with Gasteiger partial charge in [-0.15, -0.1) is 0 Å². The summed E-state index contributed by atoms with van der Waals surface area (Å²) in [4.78, 5) is 12.6. The van der Waals surface area contributed by atoms with E-state index in [0.29, 0.717) is 6.54 Å². The number of aryl methyl sites for hydroxylation is 3. The summed E-state index contributed by atoms with van der Waals surface area (Å²) in [6.07, 6.45) is 3.41. The van der Waals surface area contributed by atoms with Gasteiger partial charge in [-0.1, -0.05) is 36.4 Å². The fourth-order valence-electron chi connectivity index (χ4n) is 3.88. The molecule has 0 saturated carbocycles. The molecule has 0 radical (unpaired) electrons. The normalized spacial score (nSPS) is 12.8. The molecule has 0 saturated heterocycles. The second-order valence-electron chi connectivity index (χ2n) is 7.31. The molecular weight excluding hydrogens is 334 g/mol. The quantitative estimate of drug-likeness (QED) is 0.749. The van der Waals surface area contributed by atoms with Crippen molar-refractivity contribution in [1.29, 1.82) is 0 Å². The number of nitrogens with one attached hydrogen (secondary N) is 1. The van der Waals surface area contributed by atoms with Gasteiger partial charge in [0.2, 0.25) is 0 Å². The molecular formula is C23H25N3O. The van der Waals surface area contributed by atoms with Crippen LogP contribution in [0.2, 0.25) is 0 Å². The highest BCUT2D eigenvalue weighted by Crippen LogP contribution is 2.23. The predicted octanol–water partition coefficient (Wildman–Crippen LogP) is 3.97. The van der Waals surface area contributed by atoms with Crippen molar-refractivity contribution in [3.63, 3.8) is 0 Å². The molecule has 0 atom stereocenters. The lowest BCUT2D eigenvalue weighted by Gasteiger charge is -2.08. The maximum atomic E-state index is 12.6. The Hall–Kier alpha value is -2.88. The molecule has 1 aliphatic rings. The fraction of sp³-hybridized carbons (Fsp3) is 0.304. The molecule has 1 amide bonds. The van der Waals surface area contributed by atoms with Gasteiger partial charge in [-0.05, 0) is 61.9 Å². The zero-order valence-corrected chi connectivity index (χ0v) is 16.0. The Morgan fingerprint density at radius 1 is 1.07 bits per heavy atom. The first kappa shape index (κ1) is 17.5. The number of hydrogen-bond donors (Lipinski definition) is 1. The Bertz CT molecular complexity index is 973. The van der Waals surface area contributed by atoms with E-state index in [1.54, 1.807) is 0 Å². The van der Waals surface area contributed by atoms with E-state index in [2.05, 4.69) is 41.6 Å². The molecule has 4 rings (SSSR count). The van der Waals surface area contributed by atoms with Gasteiger partial charge in [0.1, 0.15) is 0 Å². The van der Waals surface area contributed by atoms with Gasteiger partial charge in [0.15, 0.2) is 0 Å². The molecule has 0 aliphatic heterocycles. The van der Waals surface area contributed by atoms with Crippen LogP contribution < -0.4 is 5.32 Å². The minimum absolute atomic E-state index is 0.0145. The highest BCUT2D eigenvalue weighted by molar-refractivity contribution is 5.94. The van der Waals surface area contributed by atoms with Gasteiger partial charge in [-0.25, -0.2) is 0 Å². The van der Waals surface area contributed by atoms with Gasteiger partial charge in [-0.2, -0.15) is 5.10 Å². The van der Waals surface area contributed by atoms with Gasteiger partial charge < -0.3 is 5.32 Å². The average Bonchev–Trinajstić information content (AvgIpc) is 3.25. The zero-order chi connectivity index (χ0) is 18.8. The standard InChI is InChI=1S/C23H25N3O/c1-16-22(17(2)26(25-16)15-18-7-4-3-5-8-18)14-24-23(27)21-12-11-19-9-6-10-20(19)13-21/h3-5,7-8,11-13H,6,9-10,14-15H2,1-2H3,(H,24,27). The molecule has 138 valence electrons. The van der Waals surface area contributed by atoms with Crippen molar-refractivity contribution >= 4 is 5.91 Å². The van der Waals surface area contributed by atoms with Crippen LogP contribution >= 0.6 is 0 Å². The van der Waals surface area contributed by atoms with Gasteiger partial charge in [0.05, 0.1) is 12.2 Å². The van der Waals surface area contributed by atoms with Crippen LogP contribution in [-0.4, -0.2) is 15.7 Å². The molecule has 1 heterocycles. The summed E-state index contributed by atoms with van der Waals surface area (Å²) in [6.45, 7) is 5.32. The molecule has 1 aliphatic carbocycles. The van der Waals surface area contributed by atoms with Crippen LogP contribution in [0.25, 0.3) is 0 Å². The monoisotopic (exact) mass is 359 g/mol. The van der Waals surface area contributed by atoms with E-state index in [4.69, 9.17) is 0 Å². The predicted molar refractivity (Wildman–Crippen MR) is 107 cm³/mol. The summed E-state index contributed by atoms with van der Waals surface area (Å²) in [7, 11) is 0. The molecule has 3 aromatic rings. The second kappa shape index (κ2) is 7.39. The third-order valence-corrected chi connectivity index (χ3v) is 5.49. The van der Waals surface area contributed by atoms with Crippen LogP contribution in [0.4, 0.5) is 0 Å². The highest BCUT2D eigenvalue weighted by Gasteiger charge is 2.16. The fourth-order valence-corrected chi connectivity index (χ4v) is 3.88. The van der Waals surface area contributed by atoms with Crippen molar-refractivity contribution in [2.24, 2.45) is 0 Å². The Balaban J connectivity index is 1.46. The molecule has 1 N–H and O–H groups in total. The summed E-state index contributed by atoms with van der Waals surface area (Å²) in [5.74, 6) is -0.0145. The molecule has 0 fully saturated rings. The number of fused-ring (bicyclic) bond motifs is 1. The SMILES string of the molecule is Cc1nn(Cc2ccccc2)c(C)c1CNC(=O)c1ccc2c(c1)CCC2.